The molecule has 6 nitrogen and oxygen atoms in total. The van der Waals surface area contributed by atoms with Gasteiger partial charge in [0.25, 0.3) is 0 Å². The molecule has 8 aromatic carbocycles. The molecule has 0 radical (unpaired) electrons. The molecule has 60 heavy (non-hydrogen) atoms. The zero-order chi connectivity index (χ0) is 39.6. The molecule has 0 aliphatic rings. The number of fused-ring (bicyclic) bond motifs is 9. The van der Waals surface area contributed by atoms with E-state index in [9.17, 15) is 0 Å². The average molecular weight is 767 g/mol. The number of hydrogen-bond donors (Lipinski definition) is 0. The molecule has 0 aliphatic heterocycles. The first-order chi connectivity index (χ1) is 29.8. The lowest BCUT2D eigenvalue weighted by Gasteiger charge is -2.14. The number of benzene rings is 8. The van der Waals surface area contributed by atoms with E-state index in [0.717, 1.165) is 82.8 Å². The molecule has 0 N–H and O–H groups in total. The minimum Gasteiger partial charge on any atom is -0.291 e. The van der Waals surface area contributed by atoms with Crippen molar-refractivity contribution in [3.63, 3.8) is 0 Å². The van der Waals surface area contributed by atoms with Gasteiger partial charge in [-0.3, -0.25) is 8.97 Å². The van der Waals surface area contributed by atoms with Crippen molar-refractivity contribution in [2.75, 3.05) is 0 Å². The Morgan fingerprint density at radius 2 is 0.783 bits per heavy atom. The van der Waals surface area contributed by atoms with Gasteiger partial charge in [0, 0.05) is 43.8 Å². The minimum absolute atomic E-state index is 0.564. The van der Waals surface area contributed by atoms with Crippen molar-refractivity contribution < 1.29 is 0 Å². The number of pyridine rings is 1. The van der Waals surface area contributed by atoms with Gasteiger partial charge >= 0.3 is 0 Å². The fourth-order valence-corrected chi connectivity index (χ4v) is 8.78. The maximum atomic E-state index is 5.54. The molecule has 0 bridgehead atoms. The molecule has 12 aromatic rings. The number of nitrogens with zero attached hydrogens (tertiary/aromatic N) is 6. The van der Waals surface area contributed by atoms with Crippen molar-refractivity contribution >= 4 is 49.0 Å². The van der Waals surface area contributed by atoms with Crippen LogP contribution in [0, 0.1) is 0 Å². The van der Waals surface area contributed by atoms with Crippen molar-refractivity contribution in [3.8, 4) is 62.5 Å². The predicted molar refractivity (Wildman–Crippen MR) is 245 cm³/mol. The van der Waals surface area contributed by atoms with Crippen molar-refractivity contribution in [1.82, 2.24) is 28.9 Å². The molecule has 6 heteroatoms. The molecular formula is C54H34N6. The molecule has 4 heterocycles. The zero-order valence-corrected chi connectivity index (χ0v) is 32.3. The first-order valence-corrected chi connectivity index (χ1v) is 20.2. The molecule has 0 atom stereocenters. The summed E-state index contributed by atoms with van der Waals surface area (Å²) in [5.74, 6) is 2.70. The van der Waals surface area contributed by atoms with E-state index in [0.29, 0.717) is 17.6 Å². The van der Waals surface area contributed by atoms with Crippen LogP contribution in [0.1, 0.15) is 0 Å². The summed E-state index contributed by atoms with van der Waals surface area (Å²) >= 11 is 0. The number of para-hydroxylation sites is 2. The summed E-state index contributed by atoms with van der Waals surface area (Å²) in [5, 5.41) is 5.59. The molecule has 0 saturated carbocycles. The largest absolute Gasteiger partial charge is 0.291 e. The molecule has 280 valence electrons. The van der Waals surface area contributed by atoms with Crippen LogP contribution < -0.4 is 0 Å². The van der Waals surface area contributed by atoms with Crippen LogP contribution in [-0.2, 0) is 0 Å². The smallest absolute Gasteiger partial charge is 0.238 e. The van der Waals surface area contributed by atoms with Gasteiger partial charge in [0.05, 0.1) is 27.8 Å². The van der Waals surface area contributed by atoms with Gasteiger partial charge in [-0.1, -0.05) is 182 Å². The van der Waals surface area contributed by atoms with Gasteiger partial charge in [0.15, 0.2) is 11.6 Å². The van der Waals surface area contributed by atoms with Crippen LogP contribution in [-0.4, -0.2) is 28.9 Å². The number of rotatable bonds is 6. The maximum Gasteiger partial charge on any atom is 0.238 e. The fraction of sp³-hybridized carbons (Fsp3) is 0. The third-order valence-corrected chi connectivity index (χ3v) is 11.6. The van der Waals surface area contributed by atoms with Crippen molar-refractivity contribution in [1.29, 1.82) is 0 Å². The summed E-state index contributed by atoms with van der Waals surface area (Å²) in [7, 11) is 0. The summed E-state index contributed by atoms with van der Waals surface area (Å²) < 4.78 is 4.57. The standard InChI is InChI=1S/C54H34N6/c1-5-17-35(18-6-1)36-29-31-40(32-30-36)53-55-49(37-19-7-2-8-20-37)50-45-33-44-42-26-14-15-27-46(42)59(48(44)34-43(45)41-25-13-16-28-47(41)60(50)53)54-57-51(38-21-9-3-10-22-38)56-52(58-54)39-23-11-4-12-24-39/h1-34H. The second-order valence-electron chi connectivity index (χ2n) is 15.1. The molecule has 0 spiro atoms. The van der Waals surface area contributed by atoms with Gasteiger partial charge < -0.3 is 0 Å². The lowest BCUT2D eigenvalue weighted by Crippen LogP contribution is -2.06. The highest BCUT2D eigenvalue weighted by Gasteiger charge is 2.24. The topological polar surface area (TPSA) is 60.9 Å². The van der Waals surface area contributed by atoms with E-state index in [4.69, 9.17) is 19.9 Å². The van der Waals surface area contributed by atoms with E-state index in [1.807, 2.05) is 60.7 Å². The molecule has 4 aromatic heterocycles. The summed E-state index contributed by atoms with van der Waals surface area (Å²) in [4.78, 5) is 21.0. The monoisotopic (exact) mass is 766 g/mol. The Morgan fingerprint density at radius 3 is 1.40 bits per heavy atom. The molecule has 0 unspecified atom stereocenters. The lowest BCUT2D eigenvalue weighted by atomic mass is 9.99. The van der Waals surface area contributed by atoms with Crippen molar-refractivity contribution in [2.45, 2.75) is 0 Å². The molecule has 0 aliphatic carbocycles. The van der Waals surface area contributed by atoms with E-state index < -0.39 is 0 Å². The van der Waals surface area contributed by atoms with Crippen LogP contribution in [0.5, 0.6) is 0 Å². The molecule has 0 fully saturated rings. The van der Waals surface area contributed by atoms with Crippen LogP contribution in [0.4, 0.5) is 0 Å². The van der Waals surface area contributed by atoms with Crippen LogP contribution in [0.2, 0.25) is 0 Å². The highest BCUT2D eigenvalue weighted by molar-refractivity contribution is 6.23. The summed E-state index contributed by atoms with van der Waals surface area (Å²) in [6.45, 7) is 0. The molecule has 0 amide bonds. The van der Waals surface area contributed by atoms with E-state index in [-0.39, 0.29) is 0 Å². The average Bonchev–Trinajstić information content (AvgIpc) is 3.89. The minimum atomic E-state index is 0.564. The Labute approximate surface area is 345 Å². The number of imidazole rings is 1. The Morgan fingerprint density at radius 1 is 0.300 bits per heavy atom. The first-order valence-electron chi connectivity index (χ1n) is 20.2. The normalized spacial score (nSPS) is 11.7. The summed E-state index contributed by atoms with van der Waals surface area (Å²) in [6.07, 6.45) is 0. The summed E-state index contributed by atoms with van der Waals surface area (Å²) in [5.41, 5.74) is 11.4. The predicted octanol–water partition coefficient (Wildman–Crippen LogP) is 13.3. The van der Waals surface area contributed by atoms with E-state index in [1.54, 1.807) is 0 Å². The van der Waals surface area contributed by atoms with Gasteiger partial charge in [0.2, 0.25) is 5.95 Å². The SMILES string of the molecule is c1ccc(-c2ccc(-c3nc(-c4ccccc4)c4c5cc6c7ccccc7n(-c7nc(-c8ccccc8)nc(-c8ccccc8)n7)c6cc5c5ccccc5n34)cc2)cc1. The number of aromatic nitrogens is 6. The Hall–Kier alpha value is -8.22. The van der Waals surface area contributed by atoms with Crippen LogP contribution in [0.25, 0.3) is 111 Å². The van der Waals surface area contributed by atoms with Crippen LogP contribution >= 0.6 is 0 Å². The highest BCUT2D eigenvalue weighted by atomic mass is 15.2. The fourth-order valence-electron chi connectivity index (χ4n) is 8.78. The third kappa shape index (κ3) is 5.42. The van der Waals surface area contributed by atoms with Gasteiger partial charge in [-0.25, -0.2) is 9.97 Å². The first kappa shape index (κ1) is 33.9. The molecule has 12 rings (SSSR count). The second kappa shape index (κ2) is 13.7. The highest BCUT2D eigenvalue weighted by Crippen LogP contribution is 2.43. The van der Waals surface area contributed by atoms with Gasteiger partial charge in [-0.2, -0.15) is 9.97 Å². The van der Waals surface area contributed by atoms with E-state index in [2.05, 4.69) is 155 Å². The summed E-state index contributed by atoms with van der Waals surface area (Å²) in [6, 6.07) is 72.1. The Kier molecular flexibility index (Phi) is 7.74. The Balaban J connectivity index is 1.18. The van der Waals surface area contributed by atoms with Gasteiger partial charge in [-0.05, 0) is 40.8 Å². The zero-order valence-electron chi connectivity index (χ0n) is 32.3. The molecular weight excluding hydrogens is 733 g/mol. The van der Waals surface area contributed by atoms with Crippen LogP contribution in [0.3, 0.4) is 0 Å². The van der Waals surface area contributed by atoms with Gasteiger partial charge in [0.1, 0.15) is 5.82 Å². The van der Waals surface area contributed by atoms with Crippen molar-refractivity contribution in [3.05, 3.63) is 206 Å². The molecule has 0 saturated heterocycles. The van der Waals surface area contributed by atoms with E-state index in [1.165, 1.54) is 11.1 Å². The van der Waals surface area contributed by atoms with Gasteiger partial charge in [-0.15, -0.1) is 0 Å². The quantitative estimate of drug-likeness (QED) is 0.158. The maximum absolute atomic E-state index is 5.54. The van der Waals surface area contributed by atoms with E-state index >= 15 is 0 Å². The lowest BCUT2D eigenvalue weighted by molar-refractivity contribution is 0.954. The third-order valence-electron chi connectivity index (χ3n) is 11.6. The van der Waals surface area contributed by atoms with Crippen LogP contribution in [0.15, 0.2) is 206 Å². The van der Waals surface area contributed by atoms with Crippen molar-refractivity contribution in [2.24, 2.45) is 0 Å². The second-order valence-corrected chi connectivity index (χ2v) is 15.1. The Bertz CT molecular complexity index is 3500. The number of hydrogen-bond acceptors (Lipinski definition) is 4.